The molecule has 1 heterocycles. The van der Waals surface area contributed by atoms with E-state index in [-0.39, 0.29) is 11.3 Å². The molecule has 5 heteroatoms. The van der Waals surface area contributed by atoms with Crippen LogP contribution in [0.25, 0.3) is 0 Å². The molecule has 1 atom stereocenters. The quantitative estimate of drug-likeness (QED) is 0.728. The summed E-state index contributed by atoms with van der Waals surface area (Å²) >= 11 is 0. The highest BCUT2D eigenvalue weighted by molar-refractivity contribution is 5.73. The average molecular weight is 239 g/mol. The van der Waals surface area contributed by atoms with Gasteiger partial charge in [-0.05, 0) is 25.5 Å². The van der Waals surface area contributed by atoms with Crippen molar-refractivity contribution in [2.24, 2.45) is 0 Å². The van der Waals surface area contributed by atoms with Crippen LogP contribution in [0.4, 0.5) is 0 Å². The van der Waals surface area contributed by atoms with E-state index >= 15 is 0 Å². The molecule has 1 rings (SSSR count). The van der Waals surface area contributed by atoms with Crippen molar-refractivity contribution >= 4 is 5.97 Å². The maximum absolute atomic E-state index is 11.8. The fourth-order valence-electron chi connectivity index (χ4n) is 1.39. The van der Waals surface area contributed by atoms with Crippen molar-refractivity contribution in [2.75, 3.05) is 13.7 Å². The van der Waals surface area contributed by atoms with E-state index in [0.29, 0.717) is 6.61 Å². The number of methoxy groups -OCH3 is 1. The third kappa shape index (κ3) is 3.09. The van der Waals surface area contributed by atoms with Crippen molar-refractivity contribution in [2.45, 2.75) is 26.3 Å². The Morgan fingerprint density at radius 2 is 2.24 bits per heavy atom. The van der Waals surface area contributed by atoms with E-state index in [1.807, 2.05) is 6.92 Å². The molecule has 0 fully saturated rings. The molecule has 0 saturated heterocycles. The highest BCUT2D eigenvalue weighted by Gasteiger charge is 2.18. The molecule has 1 aromatic heterocycles. The van der Waals surface area contributed by atoms with Gasteiger partial charge in [0.05, 0.1) is 13.7 Å². The van der Waals surface area contributed by atoms with E-state index < -0.39 is 12.0 Å². The highest BCUT2D eigenvalue weighted by atomic mass is 16.5. The van der Waals surface area contributed by atoms with Gasteiger partial charge in [-0.15, -0.1) is 0 Å². The Kier molecular flexibility index (Phi) is 4.75. The zero-order valence-electron chi connectivity index (χ0n) is 10.3. The fourth-order valence-corrected chi connectivity index (χ4v) is 1.39. The maximum atomic E-state index is 11.8. The summed E-state index contributed by atoms with van der Waals surface area (Å²) in [4.78, 5) is 23.5. The zero-order valence-corrected chi connectivity index (χ0v) is 10.3. The van der Waals surface area contributed by atoms with Crippen molar-refractivity contribution in [1.29, 1.82) is 0 Å². The first-order chi connectivity index (χ1) is 8.11. The lowest BCUT2D eigenvalue weighted by Gasteiger charge is -2.14. The molecule has 0 aliphatic heterocycles. The molecule has 0 aliphatic carbocycles. The number of pyridine rings is 1. The van der Waals surface area contributed by atoms with Crippen LogP contribution in [0.15, 0.2) is 23.1 Å². The van der Waals surface area contributed by atoms with Gasteiger partial charge in [-0.1, -0.05) is 6.92 Å². The van der Waals surface area contributed by atoms with Gasteiger partial charge in [-0.3, -0.25) is 9.36 Å². The third-order valence-corrected chi connectivity index (χ3v) is 2.37. The minimum Gasteiger partial charge on any atom is -0.491 e. The summed E-state index contributed by atoms with van der Waals surface area (Å²) in [6.45, 7) is 3.90. The van der Waals surface area contributed by atoms with Gasteiger partial charge < -0.3 is 9.47 Å². The van der Waals surface area contributed by atoms with E-state index in [1.165, 1.54) is 11.7 Å². The van der Waals surface area contributed by atoms with Crippen LogP contribution in [0.5, 0.6) is 5.75 Å². The molecule has 0 radical (unpaired) electrons. The van der Waals surface area contributed by atoms with E-state index in [1.54, 1.807) is 25.3 Å². The minimum atomic E-state index is -0.649. The Bertz CT molecular complexity index is 438. The number of esters is 1. The van der Waals surface area contributed by atoms with Gasteiger partial charge in [0.2, 0.25) is 0 Å². The minimum absolute atomic E-state index is 0.211. The van der Waals surface area contributed by atoms with Crippen LogP contribution in [-0.4, -0.2) is 24.3 Å². The number of hydrogen-bond donors (Lipinski definition) is 0. The van der Waals surface area contributed by atoms with Crippen LogP contribution in [0, 0.1) is 0 Å². The predicted molar refractivity (Wildman–Crippen MR) is 63.2 cm³/mol. The molecule has 0 bridgehead atoms. The number of nitrogens with zero attached hydrogens (tertiary/aromatic N) is 1. The van der Waals surface area contributed by atoms with Crippen LogP contribution in [-0.2, 0) is 9.53 Å². The van der Waals surface area contributed by atoms with Crippen LogP contribution in [0.1, 0.15) is 26.3 Å². The summed E-state index contributed by atoms with van der Waals surface area (Å²) in [6, 6.07) is 2.57. The molecule has 1 unspecified atom stereocenters. The number of hydrogen-bond acceptors (Lipinski definition) is 4. The second kappa shape index (κ2) is 6.08. The molecule has 0 saturated carbocycles. The van der Waals surface area contributed by atoms with Crippen LogP contribution in [0.3, 0.4) is 0 Å². The normalized spacial score (nSPS) is 11.9. The largest absolute Gasteiger partial charge is 0.491 e. The van der Waals surface area contributed by atoms with Gasteiger partial charge in [0.1, 0.15) is 6.04 Å². The Morgan fingerprint density at radius 1 is 1.53 bits per heavy atom. The monoisotopic (exact) mass is 239 g/mol. The second-order valence-electron chi connectivity index (χ2n) is 3.63. The van der Waals surface area contributed by atoms with Gasteiger partial charge in [0.15, 0.2) is 5.75 Å². The number of rotatable bonds is 5. The molecule has 5 nitrogen and oxygen atoms in total. The summed E-state index contributed by atoms with van der Waals surface area (Å²) in [6.07, 6.45) is 2.30. The summed E-state index contributed by atoms with van der Waals surface area (Å²) < 4.78 is 11.2. The van der Waals surface area contributed by atoms with Gasteiger partial charge >= 0.3 is 5.97 Å². The predicted octanol–water partition coefficient (Wildman–Crippen LogP) is 1.37. The summed E-state index contributed by atoms with van der Waals surface area (Å²) in [7, 11) is 1.42. The Morgan fingerprint density at radius 3 is 2.82 bits per heavy atom. The molecular formula is C12H17NO4. The molecule has 1 aromatic rings. The van der Waals surface area contributed by atoms with Crippen LogP contribution in [0.2, 0.25) is 0 Å². The molecule has 0 amide bonds. The molecule has 0 N–H and O–H groups in total. The van der Waals surface area contributed by atoms with Crippen LogP contribution < -0.4 is 10.3 Å². The molecule has 0 aliphatic rings. The topological polar surface area (TPSA) is 57.5 Å². The summed E-state index contributed by atoms with van der Waals surface area (Å²) in [5, 5.41) is 0. The van der Waals surface area contributed by atoms with Gasteiger partial charge in [0.25, 0.3) is 5.56 Å². The van der Waals surface area contributed by atoms with Crippen molar-refractivity contribution < 1.29 is 14.3 Å². The number of ether oxygens (including phenoxy) is 2. The molecule has 0 aromatic carbocycles. The van der Waals surface area contributed by atoms with E-state index in [4.69, 9.17) is 9.47 Å². The molecular weight excluding hydrogens is 222 g/mol. The Hall–Kier alpha value is -1.78. The first-order valence-electron chi connectivity index (χ1n) is 5.53. The Labute approximate surface area is 100.0 Å². The van der Waals surface area contributed by atoms with Crippen molar-refractivity contribution in [3.63, 3.8) is 0 Å². The number of aromatic nitrogens is 1. The lowest BCUT2D eigenvalue weighted by molar-refractivity contribution is -0.147. The summed E-state index contributed by atoms with van der Waals surface area (Å²) in [5.74, 6) is -0.204. The number of carbonyl (C=O) groups is 1. The van der Waals surface area contributed by atoms with Crippen molar-refractivity contribution in [3.05, 3.63) is 28.7 Å². The SMILES string of the molecule is CCCOC(=O)C(C)n1cccc(OC)c1=O. The van der Waals surface area contributed by atoms with Gasteiger partial charge in [-0.2, -0.15) is 0 Å². The smallest absolute Gasteiger partial charge is 0.328 e. The van der Waals surface area contributed by atoms with Crippen molar-refractivity contribution in [1.82, 2.24) is 4.57 Å². The van der Waals surface area contributed by atoms with E-state index in [2.05, 4.69) is 0 Å². The molecule has 0 spiro atoms. The first kappa shape index (κ1) is 13.3. The average Bonchev–Trinajstić information content (AvgIpc) is 2.35. The van der Waals surface area contributed by atoms with Gasteiger partial charge in [0, 0.05) is 6.20 Å². The lowest BCUT2D eigenvalue weighted by atomic mass is 10.3. The second-order valence-corrected chi connectivity index (χ2v) is 3.63. The van der Waals surface area contributed by atoms with Crippen LogP contribution >= 0.6 is 0 Å². The zero-order chi connectivity index (χ0) is 12.8. The Balaban J connectivity index is 2.92. The highest BCUT2D eigenvalue weighted by Crippen LogP contribution is 2.08. The number of carbonyl (C=O) groups excluding carboxylic acids is 1. The third-order valence-electron chi connectivity index (χ3n) is 2.37. The van der Waals surface area contributed by atoms with Gasteiger partial charge in [-0.25, -0.2) is 4.79 Å². The standard InChI is InChI=1S/C12H17NO4/c1-4-8-17-12(15)9(2)13-7-5-6-10(16-3)11(13)14/h5-7,9H,4,8H2,1-3H3. The van der Waals surface area contributed by atoms with E-state index in [0.717, 1.165) is 6.42 Å². The first-order valence-corrected chi connectivity index (χ1v) is 5.53. The maximum Gasteiger partial charge on any atom is 0.328 e. The fraction of sp³-hybridized carbons (Fsp3) is 0.500. The molecule has 94 valence electrons. The molecule has 17 heavy (non-hydrogen) atoms. The van der Waals surface area contributed by atoms with E-state index in [9.17, 15) is 9.59 Å². The lowest BCUT2D eigenvalue weighted by Crippen LogP contribution is -2.29. The van der Waals surface area contributed by atoms with Crippen molar-refractivity contribution in [3.8, 4) is 5.75 Å². The summed E-state index contributed by atoms with van der Waals surface area (Å²) in [5.41, 5.74) is -0.337.